The van der Waals surface area contributed by atoms with Crippen LogP contribution in [0.1, 0.15) is 27.7 Å². The van der Waals surface area contributed by atoms with Crippen LogP contribution in [-0.4, -0.2) is 12.2 Å². The number of hydrogen-bond acceptors (Lipinski definition) is 4. The van der Waals surface area contributed by atoms with E-state index in [2.05, 4.69) is 0 Å². The second-order valence-corrected chi connectivity index (χ2v) is 3.96. The van der Waals surface area contributed by atoms with Gasteiger partial charge in [0.1, 0.15) is 5.60 Å². The molecule has 0 aliphatic rings. The molecule has 0 radical (unpaired) electrons. The van der Waals surface area contributed by atoms with Crippen LogP contribution in [0.5, 0.6) is 11.5 Å². The Morgan fingerprint density at radius 2 is 1.57 bits per heavy atom. The maximum Gasteiger partial charge on any atom is 0.275 e. The van der Waals surface area contributed by atoms with Crippen LogP contribution in [0.15, 0.2) is 9.59 Å². The van der Waals surface area contributed by atoms with E-state index in [0.717, 1.165) is 0 Å². The Bertz CT molecular complexity index is 391. The summed E-state index contributed by atoms with van der Waals surface area (Å²) in [6.45, 7) is 7.52. The molecule has 4 nitrogen and oxygen atoms in total. The first-order valence-electron chi connectivity index (χ1n) is 4.52. The molecule has 0 aliphatic carbocycles. The summed E-state index contributed by atoms with van der Waals surface area (Å²) in [5.41, 5.74) is -1.68. The van der Waals surface area contributed by atoms with Gasteiger partial charge in [-0.15, -0.1) is 0 Å². The van der Waals surface area contributed by atoms with Crippen molar-refractivity contribution >= 4 is 0 Å². The van der Waals surface area contributed by atoms with Crippen molar-refractivity contribution in [1.82, 2.24) is 0 Å². The van der Waals surface area contributed by atoms with Gasteiger partial charge in [0.2, 0.25) is 11.5 Å². The minimum atomic E-state index is -0.594. The second-order valence-electron chi connectivity index (χ2n) is 3.96. The highest BCUT2D eigenvalue weighted by molar-refractivity contribution is 5.46. The molecular formula is C10H14O4. The Labute approximate surface area is 82.2 Å². The molecule has 14 heavy (non-hydrogen) atoms. The van der Waals surface area contributed by atoms with E-state index in [9.17, 15) is 9.59 Å². The summed E-state index contributed by atoms with van der Waals surface area (Å²) in [5.74, 6) is 0.122. The molecule has 4 heteroatoms. The highest BCUT2D eigenvalue weighted by atomic mass is 16.5. The van der Waals surface area contributed by atoms with Crippen molar-refractivity contribution < 1.29 is 9.47 Å². The zero-order valence-corrected chi connectivity index (χ0v) is 8.84. The Balaban J connectivity index is 2.93. The lowest BCUT2D eigenvalue weighted by molar-refractivity contribution is 0.118. The first-order valence-corrected chi connectivity index (χ1v) is 4.52. The summed E-state index contributed by atoms with van der Waals surface area (Å²) in [7, 11) is 0. The molecule has 0 fully saturated rings. The molecule has 0 saturated carbocycles. The number of ether oxygens (including phenoxy) is 2. The van der Waals surface area contributed by atoms with E-state index < -0.39 is 16.5 Å². The molecule has 0 spiro atoms. The lowest BCUT2D eigenvalue weighted by Crippen LogP contribution is -2.38. The Morgan fingerprint density at radius 3 is 2.00 bits per heavy atom. The van der Waals surface area contributed by atoms with Gasteiger partial charge in [-0.05, 0) is 27.7 Å². The molecule has 0 saturated heterocycles. The number of hydrogen-bond donors (Lipinski definition) is 0. The third kappa shape index (κ3) is 1.95. The van der Waals surface area contributed by atoms with Crippen LogP contribution in [0, 0.1) is 0 Å². The third-order valence-corrected chi connectivity index (χ3v) is 1.52. The topological polar surface area (TPSA) is 52.6 Å². The first kappa shape index (κ1) is 10.8. The molecule has 0 aromatic heterocycles. The van der Waals surface area contributed by atoms with Gasteiger partial charge in [-0.1, -0.05) is 0 Å². The van der Waals surface area contributed by atoms with Gasteiger partial charge in [0.15, 0.2) is 0 Å². The first-order chi connectivity index (χ1) is 6.37. The van der Waals surface area contributed by atoms with Crippen LogP contribution in [0.2, 0.25) is 0 Å². The summed E-state index contributed by atoms with van der Waals surface area (Å²) in [6, 6.07) is 0. The van der Waals surface area contributed by atoms with Crippen LogP contribution in [-0.2, 0) is 0 Å². The second kappa shape index (κ2) is 3.44. The molecule has 0 bridgehead atoms. The van der Waals surface area contributed by atoms with Crippen molar-refractivity contribution in [2.45, 2.75) is 33.3 Å². The summed E-state index contributed by atoms with van der Waals surface area (Å²) < 4.78 is 10.3. The van der Waals surface area contributed by atoms with Crippen molar-refractivity contribution in [2.75, 3.05) is 6.61 Å². The molecule has 1 aromatic carbocycles. The standard InChI is InChI=1S/C10H14O4/c1-5-13-8-6(11)7(12)9(8)14-10(2,3)4/h5H2,1-4H3. The fraction of sp³-hybridized carbons (Fsp3) is 0.600. The molecule has 0 atom stereocenters. The normalized spacial score (nSPS) is 11.7. The van der Waals surface area contributed by atoms with Crippen molar-refractivity contribution in [1.29, 1.82) is 0 Å². The van der Waals surface area contributed by atoms with Crippen molar-refractivity contribution in [3.63, 3.8) is 0 Å². The fourth-order valence-electron chi connectivity index (χ4n) is 1.02. The van der Waals surface area contributed by atoms with E-state index in [1.807, 2.05) is 0 Å². The molecule has 0 aliphatic heterocycles. The van der Waals surface area contributed by atoms with Gasteiger partial charge in [-0.2, -0.15) is 0 Å². The average Bonchev–Trinajstić information content (AvgIpc) is 2.09. The van der Waals surface area contributed by atoms with Crippen LogP contribution in [0.25, 0.3) is 0 Å². The molecular weight excluding hydrogens is 184 g/mol. The minimum Gasteiger partial charge on any atom is -0.486 e. The maximum absolute atomic E-state index is 11.1. The van der Waals surface area contributed by atoms with Gasteiger partial charge >= 0.3 is 0 Å². The molecule has 0 unspecified atom stereocenters. The zero-order chi connectivity index (χ0) is 10.9. The lowest BCUT2D eigenvalue weighted by atomic mass is 10.1. The summed E-state index contributed by atoms with van der Waals surface area (Å²) in [5, 5.41) is 0. The molecule has 78 valence electrons. The molecule has 1 rings (SSSR count). The molecule has 0 amide bonds. The minimum absolute atomic E-state index is 0.0596. The largest absolute Gasteiger partial charge is 0.486 e. The highest BCUT2D eigenvalue weighted by Gasteiger charge is 2.27. The zero-order valence-electron chi connectivity index (χ0n) is 8.84. The van der Waals surface area contributed by atoms with Crippen molar-refractivity contribution in [3.8, 4) is 11.5 Å². The lowest BCUT2D eigenvalue weighted by Gasteiger charge is -2.23. The predicted molar refractivity (Wildman–Crippen MR) is 52.9 cm³/mol. The van der Waals surface area contributed by atoms with E-state index in [0.29, 0.717) is 6.61 Å². The summed E-state index contributed by atoms with van der Waals surface area (Å²) >= 11 is 0. The molecule has 0 heterocycles. The van der Waals surface area contributed by atoms with E-state index in [1.54, 1.807) is 27.7 Å². The summed E-state index contributed by atoms with van der Waals surface area (Å²) in [4.78, 5) is 22.1. The van der Waals surface area contributed by atoms with E-state index >= 15 is 0 Å². The monoisotopic (exact) mass is 198 g/mol. The smallest absolute Gasteiger partial charge is 0.275 e. The van der Waals surface area contributed by atoms with Gasteiger partial charge in [0, 0.05) is 0 Å². The van der Waals surface area contributed by atoms with Gasteiger partial charge in [0.25, 0.3) is 10.9 Å². The SMILES string of the molecule is CCOc1c(OC(C)(C)C)c(=O)c1=O. The number of rotatable bonds is 3. The maximum atomic E-state index is 11.1. The van der Waals surface area contributed by atoms with E-state index in [1.165, 1.54) is 0 Å². The quantitative estimate of drug-likeness (QED) is 0.676. The third-order valence-electron chi connectivity index (χ3n) is 1.52. The van der Waals surface area contributed by atoms with Crippen LogP contribution >= 0.6 is 0 Å². The van der Waals surface area contributed by atoms with Gasteiger partial charge < -0.3 is 9.47 Å². The van der Waals surface area contributed by atoms with Gasteiger partial charge in [0.05, 0.1) is 6.61 Å². The van der Waals surface area contributed by atoms with Gasteiger partial charge in [-0.25, -0.2) is 0 Å². The van der Waals surface area contributed by atoms with Crippen LogP contribution in [0.4, 0.5) is 0 Å². The highest BCUT2D eigenvalue weighted by Crippen LogP contribution is 2.24. The fourth-order valence-corrected chi connectivity index (χ4v) is 1.02. The van der Waals surface area contributed by atoms with Crippen LogP contribution < -0.4 is 20.3 Å². The Morgan fingerprint density at radius 1 is 1.07 bits per heavy atom. The molecule has 1 aromatic rings. The van der Waals surface area contributed by atoms with Crippen LogP contribution in [0.3, 0.4) is 0 Å². The molecule has 0 N–H and O–H groups in total. The van der Waals surface area contributed by atoms with Crippen molar-refractivity contribution in [3.05, 3.63) is 20.4 Å². The van der Waals surface area contributed by atoms with E-state index in [4.69, 9.17) is 9.47 Å². The van der Waals surface area contributed by atoms with Gasteiger partial charge in [-0.3, -0.25) is 9.59 Å². The Kier molecular flexibility index (Phi) is 2.64. The van der Waals surface area contributed by atoms with E-state index in [-0.39, 0.29) is 11.5 Å². The Hall–Kier alpha value is -1.32. The van der Waals surface area contributed by atoms with Crippen molar-refractivity contribution in [2.24, 2.45) is 0 Å². The average molecular weight is 198 g/mol. The predicted octanol–water partition coefficient (Wildman–Crippen LogP) is 0.859. The summed E-state index contributed by atoms with van der Waals surface area (Å²) in [6.07, 6.45) is 0.